The number of nitrogens with zero attached hydrogens (tertiary/aromatic N) is 3. The number of anilines is 1. The number of carbonyl (C=O) groups is 2. The molecule has 162 valence electrons. The molecule has 2 aromatic heterocycles. The third-order valence-corrected chi connectivity index (χ3v) is 4.45. The summed E-state index contributed by atoms with van der Waals surface area (Å²) >= 11 is 6.01. The van der Waals surface area contributed by atoms with Gasteiger partial charge in [-0.3, -0.25) is 4.79 Å². The van der Waals surface area contributed by atoms with Gasteiger partial charge in [-0.1, -0.05) is 11.6 Å². The maximum Gasteiger partial charge on any atom is 0.344 e. The third-order valence-electron chi connectivity index (χ3n) is 4.21. The highest BCUT2D eigenvalue weighted by Crippen LogP contribution is 2.24. The first kappa shape index (κ1) is 21.1. The van der Waals surface area contributed by atoms with Crippen LogP contribution < -0.4 is 15.7 Å². The number of fused-ring (bicyclic) bond motifs is 1. The van der Waals surface area contributed by atoms with Gasteiger partial charge in [0.1, 0.15) is 24.0 Å². The number of esters is 1. The van der Waals surface area contributed by atoms with E-state index in [4.69, 9.17) is 25.5 Å². The molecule has 0 bridgehead atoms. The second-order valence-electron chi connectivity index (χ2n) is 6.45. The van der Waals surface area contributed by atoms with Gasteiger partial charge in [-0.05, 0) is 36.4 Å². The summed E-state index contributed by atoms with van der Waals surface area (Å²) in [4.78, 5) is 39.4. The van der Waals surface area contributed by atoms with Crippen LogP contribution in [0.15, 0.2) is 70.4 Å². The molecule has 0 aliphatic carbocycles. The maximum absolute atomic E-state index is 12.2. The molecule has 0 unspecified atom stereocenters. The number of halogens is 1. The summed E-state index contributed by atoms with van der Waals surface area (Å²) in [6, 6.07) is 12.6. The molecule has 0 radical (unpaired) electrons. The molecule has 11 heteroatoms. The summed E-state index contributed by atoms with van der Waals surface area (Å²) in [5.41, 5.74) is 0.745. The van der Waals surface area contributed by atoms with Gasteiger partial charge in [0.05, 0.1) is 11.4 Å². The van der Waals surface area contributed by atoms with Gasteiger partial charge in [0.25, 0.3) is 5.91 Å². The van der Waals surface area contributed by atoms with Crippen LogP contribution in [0.1, 0.15) is 0 Å². The van der Waals surface area contributed by atoms with E-state index in [1.165, 1.54) is 29.5 Å². The van der Waals surface area contributed by atoms with Crippen LogP contribution in [0.3, 0.4) is 0 Å². The minimum Gasteiger partial charge on any atom is -0.482 e. The van der Waals surface area contributed by atoms with Crippen LogP contribution in [0, 0.1) is 0 Å². The predicted octanol–water partition coefficient (Wildman–Crippen LogP) is 2.59. The van der Waals surface area contributed by atoms with Gasteiger partial charge in [-0.15, -0.1) is 0 Å². The molecule has 0 saturated heterocycles. The summed E-state index contributed by atoms with van der Waals surface area (Å²) < 4.78 is 16.8. The van der Waals surface area contributed by atoms with E-state index < -0.39 is 30.7 Å². The molecule has 0 fully saturated rings. The molecule has 0 aliphatic rings. The van der Waals surface area contributed by atoms with Crippen LogP contribution in [-0.4, -0.2) is 39.9 Å². The molecular formula is C21H15ClN4O6. The lowest BCUT2D eigenvalue weighted by Gasteiger charge is -2.12. The molecule has 10 nitrogen and oxygen atoms in total. The Labute approximate surface area is 185 Å². The van der Waals surface area contributed by atoms with Crippen molar-refractivity contribution in [2.24, 2.45) is 0 Å². The van der Waals surface area contributed by atoms with Crippen molar-refractivity contribution in [3.05, 3.63) is 76.6 Å². The van der Waals surface area contributed by atoms with E-state index in [0.717, 1.165) is 0 Å². The summed E-state index contributed by atoms with van der Waals surface area (Å²) in [5.74, 6) is -1.02. The molecule has 0 atom stereocenters. The van der Waals surface area contributed by atoms with Crippen molar-refractivity contribution in [2.45, 2.75) is 0 Å². The largest absolute Gasteiger partial charge is 0.482 e. The molecule has 0 aliphatic heterocycles. The van der Waals surface area contributed by atoms with Crippen molar-refractivity contribution < 1.29 is 23.5 Å². The Balaban J connectivity index is 1.31. The van der Waals surface area contributed by atoms with Gasteiger partial charge < -0.3 is 19.2 Å². The first-order valence-corrected chi connectivity index (χ1v) is 9.62. The molecule has 2 aromatic carbocycles. The van der Waals surface area contributed by atoms with E-state index in [1.807, 2.05) is 0 Å². The van der Waals surface area contributed by atoms with Crippen molar-refractivity contribution >= 4 is 40.1 Å². The maximum atomic E-state index is 12.2. The Morgan fingerprint density at radius 1 is 1.09 bits per heavy atom. The van der Waals surface area contributed by atoms with Crippen LogP contribution in [-0.2, 0) is 14.3 Å². The molecule has 1 amide bonds. The van der Waals surface area contributed by atoms with Crippen LogP contribution in [0.4, 0.5) is 5.69 Å². The van der Waals surface area contributed by atoms with Gasteiger partial charge in [0.2, 0.25) is 0 Å². The molecule has 2 heterocycles. The Hall–Kier alpha value is -4.18. The molecule has 4 rings (SSSR count). The SMILES string of the molecule is O=C(COC(=O)COc1ccc2ccc(=O)oc2c1)Nc1cc(Cl)ccc1-n1cncn1. The molecule has 32 heavy (non-hydrogen) atoms. The lowest BCUT2D eigenvalue weighted by atomic mass is 10.2. The fraction of sp³-hybridized carbons (Fsp3) is 0.0952. The number of hydrogen-bond donors (Lipinski definition) is 1. The summed E-state index contributed by atoms with van der Waals surface area (Å²) in [7, 11) is 0. The lowest BCUT2D eigenvalue weighted by Crippen LogP contribution is -2.24. The van der Waals surface area contributed by atoms with Gasteiger partial charge in [0.15, 0.2) is 13.2 Å². The summed E-state index contributed by atoms with van der Waals surface area (Å²) in [6.45, 7) is -0.963. The normalized spacial score (nSPS) is 10.7. The highest BCUT2D eigenvalue weighted by atomic mass is 35.5. The van der Waals surface area contributed by atoms with Gasteiger partial charge >= 0.3 is 11.6 Å². The van der Waals surface area contributed by atoms with Crippen molar-refractivity contribution in [1.82, 2.24) is 14.8 Å². The quantitative estimate of drug-likeness (QED) is 0.333. The fourth-order valence-corrected chi connectivity index (χ4v) is 2.96. The van der Waals surface area contributed by atoms with E-state index in [2.05, 4.69) is 15.4 Å². The number of benzene rings is 2. The highest BCUT2D eigenvalue weighted by Gasteiger charge is 2.13. The smallest absolute Gasteiger partial charge is 0.344 e. The van der Waals surface area contributed by atoms with Crippen molar-refractivity contribution in [3.63, 3.8) is 0 Å². The fourth-order valence-electron chi connectivity index (χ4n) is 2.79. The van der Waals surface area contributed by atoms with E-state index in [9.17, 15) is 14.4 Å². The Morgan fingerprint density at radius 2 is 1.94 bits per heavy atom. The number of aromatic nitrogens is 3. The van der Waals surface area contributed by atoms with Gasteiger partial charge in [-0.2, -0.15) is 5.10 Å². The number of nitrogens with one attached hydrogen (secondary N) is 1. The number of ether oxygens (including phenoxy) is 2. The standard InChI is InChI=1S/C21H15ClN4O6/c22-14-3-5-17(26-12-23-11-24-26)16(7-14)25-19(27)9-31-21(29)10-30-15-4-1-13-2-6-20(28)32-18(13)8-15/h1-8,11-12H,9-10H2,(H,25,27). The van der Waals surface area contributed by atoms with Crippen LogP contribution in [0.2, 0.25) is 5.02 Å². The van der Waals surface area contributed by atoms with Crippen LogP contribution >= 0.6 is 11.6 Å². The van der Waals surface area contributed by atoms with Crippen molar-refractivity contribution in [2.75, 3.05) is 18.5 Å². The lowest BCUT2D eigenvalue weighted by molar-refractivity contribution is -0.149. The van der Waals surface area contributed by atoms with E-state index in [-0.39, 0.29) is 0 Å². The number of rotatable bonds is 7. The molecule has 0 spiro atoms. The molecule has 4 aromatic rings. The van der Waals surface area contributed by atoms with Gasteiger partial charge in [0, 0.05) is 22.5 Å². The average Bonchev–Trinajstić information content (AvgIpc) is 3.30. The zero-order valence-electron chi connectivity index (χ0n) is 16.4. The molecule has 0 saturated carbocycles. The Kier molecular flexibility index (Phi) is 6.13. The van der Waals surface area contributed by atoms with E-state index in [1.54, 1.807) is 36.4 Å². The second kappa shape index (κ2) is 9.31. The Morgan fingerprint density at radius 3 is 2.75 bits per heavy atom. The van der Waals surface area contributed by atoms with E-state index in [0.29, 0.717) is 33.1 Å². The third kappa shape index (κ3) is 5.10. The summed E-state index contributed by atoms with van der Waals surface area (Å²) in [6.07, 6.45) is 2.82. The monoisotopic (exact) mass is 454 g/mol. The number of amides is 1. The number of carbonyl (C=O) groups excluding carboxylic acids is 2. The first-order valence-electron chi connectivity index (χ1n) is 9.25. The minimum atomic E-state index is -0.752. The minimum absolute atomic E-state index is 0.310. The average molecular weight is 455 g/mol. The molecular weight excluding hydrogens is 440 g/mol. The topological polar surface area (TPSA) is 126 Å². The van der Waals surface area contributed by atoms with Crippen LogP contribution in [0.5, 0.6) is 5.75 Å². The van der Waals surface area contributed by atoms with E-state index >= 15 is 0 Å². The van der Waals surface area contributed by atoms with Crippen LogP contribution in [0.25, 0.3) is 16.7 Å². The molecule has 1 N–H and O–H groups in total. The second-order valence-corrected chi connectivity index (χ2v) is 6.89. The van der Waals surface area contributed by atoms with Crippen molar-refractivity contribution in [3.8, 4) is 11.4 Å². The Bertz CT molecular complexity index is 1340. The zero-order valence-corrected chi connectivity index (χ0v) is 17.1. The van der Waals surface area contributed by atoms with Gasteiger partial charge in [-0.25, -0.2) is 19.3 Å². The zero-order chi connectivity index (χ0) is 22.5. The summed E-state index contributed by atoms with van der Waals surface area (Å²) in [5, 5.41) is 7.76. The first-order chi connectivity index (χ1) is 15.5. The predicted molar refractivity (Wildman–Crippen MR) is 114 cm³/mol. The highest BCUT2D eigenvalue weighted by molar-refractivity contribution is 6.31. The van der Waals surface area contributed by atoms with Crippen molar-refractivity contribution in [1.29, 1.82) is 0 Å². The number of hydrogen-bond acceptors (Lipinski definition) is 8.